The van der Waals surface area contributed by atoms with Gasteiger partial charge in [-0.1, -0.05) is 18.2 Å². The Kier molecular flexibility index (Phi) is 4.81. The summed E-state index contributed by atoms with van der Waals surface area (Å²) < 4.78 is 5.22. The fourth-order valence-corrected chi connectivity index (χ4v) is 2.57. The van der Waals surface area contributed by atoms with Gasteiger partial charge in [0.25, 0.3) is 0 Å². The highest BCUT2D eigenvalue weighted by Crippen LogP contribution is 2.26. The second-order valence-electron chi connectivity index (χ2n) is 7.00. The number of hydrogen-bond acceptors (Lipinski definition) is 5. The molecule has 1 aromatic carbocycles. The van der Waals surface area contributed by atoms with E-state index in [1.165, 1.54) is 0 Å². The number of nitrogens with zero attached hydrogens (tertiary/aromatic N) is 2. The first-order valence-electron chi connectivity index (χ1n) is 8.37. The number of aromatic carboxylic acids is 1. The second-order valence-corrected chi connectivity index (χ2v) is 7.00. The molecule has 0 unspecified atom stereocenters. The molecule has 0 bridgehead atoms. The van der Waals surface area contributed by atoms with Gasteiger partial charge in [-0.05, 0) is 38.5 Å². The molecule has 1 amide bonds. The SMILES string of the molecule is CC(C)(C)OC(=O)NCc1cccc(-c2nc(C(=O)O)nc3[nH]ccc23)c1. The number of aromatic amines is 1. The Balaban J connectivity index is 1.88. The molecule has 3 rings (SSSR count). The summed E-state index contributed by atoms with van der Waals surface area (Å²) >= 11 is 0. The van der Waals surface area contributed by atoms with E-state index >= 15 is 0 Å². The molecule has 140 valence electrons. The molecule has 2 heterocycles. The Morgan fingerprint density at radius 2 is 2.00 bits per heavy atom. The Morgan fingerprint density at radius 1 is 1.22 bits per heavy atom. The predicted molar refractivity (Wildman–Crippen MR) is 99.4 cm³/mol. The summed E-state index contributed by atoms with van der Waals surface area (Å²) in [5.41, 5.74) is 1.96. The zero-order valence-corrected chi connectivity index (χ0v) is 15.2. The van der Waals surface area contributed by atoms with E-state index in [0.717, 1.165) is 16.5 Å². The minimum atomic E-state index is -1.20. The summed E-state index contributed by atoms with van der Waals surface area (Å²) in [4.78, 5) is 34.2. The zero-order valence-electron chi connectivity index (χ0n) is 15.2. The Morgan fingerprint density at radius 3 is 2.70 bits per heavy atom. The Hall–Kier alpha value is -3.42. The zero-order chi connectivity index (χ0) is 19.6. The molecule has 0 fully saturated rings. The van der Waals surface area contributed by atoms with Crippen molar-refractivity contribution >= 4 is 23.1 Å². The van der Waals surface area contributed by atoms with Crippen molar-refractivity contribution in [3.05, 3.63) is 47.9 Å². The van der Waals surface area contributed by atoms with Gasteiger partial charge in [0.1, 0.15) is 11.2 Å². The third-order valence-electron chi connectivity index (χ3n) is 3.64. The van der Waals surface area contributed by atoms with Crippen molar-refractivity contribution in [3.63, 3.8) is 0 Å². The van der Waals surface area contributed by atoms with Crippen LogP contribution in [0.3, 0.4) is 0 Å². The summed E-state index contributed by atoms with van der Waals surface area (Å²) in [6.07, 6.45) is 1.18. The van der Waals surface area contributed by atoms with Crippen LogP contribution in [0.2, 0.25) is 0 Å². The number of carboxylic acids is 1. The third kappa shape index (κ3) is 4.41. The number of rotatable bonds is 4. The van der Waals surface area contributed by atoms with Crippen molar-refractivity contribution in [1.82, 2.24) is 20.3 Å². The largest absolute Gasteiger partial charge is 0.475 e. The number of carbonyl (C=O) groups is 2. The van der Waals surface area contributed by atoms with E-state index in [1.54, 1.807) is 33.0 Å². The van der Waals surface area contributed by atoms with Crippen LogP contribution in [0.4, 0.5) is 4.79 Å². The predicted octanol–water partition coefficient (Wildman–Crippen LogP) is 3.35. The first-order chi connectivity index (χ1) is 12.7. The van der Waals surface area contributed by atoms with Gasteiger partial charge in [-0.2, -0.15) is 0 Å². The quantitative estimate of drug-likeness (QED) is 0.650. The van der Waals surface area contributed by atoms with E-state index in [0.29, 0.717) is 11.3 Å². The van der Waals surface area contributed by atoms with Gasteiger partial charge in [0.15, 0.2) is 0 Å². The first kappa shape index (κ1) is 18.4. The standard InChI is InChI=1S/C19H20N4O4/c1-19(2,3)27-18(26)21-10-11-5-4-6-12(9-11)14-13-7-8-20-15(13)23-16(22-14)17(24)25/h4-9H,10H2,1-3H3,(H,21,26)(H,24,25)(H,20,22,23). The molecule has 27 heavy (non-hydrogen) atoms. The lowest BCUT2D eigenvalue weighted by Gasteiger charge is -2.19. The molecule has 3 aromatic rings. The summed E-state index contributed by atoms with van der Waals surface area (Å²) in [6.45, 7) is 5.66. The minimum Gasteiger partial charge on any atom is -0.475 e. The van der Waals surface area contributed by atoms with Gasteiger partial charge >= 0.3 is 12.1 Å². The number of alkyl carbamates (subject to hydrolysis) is 1. The van der Waals surface area contributed by atoms with E-state index < -0.39 is 17.7 Å². The van der Waals surface area contributed by atoms with Gasteiger partial charge in [0.05, 0.1) is 5.69 Å². The summed E-state index contributed by atoms with van der Waals surface area (Å²) in [5, 5.41) is 12.7. The van der Waals surface area contributed by atoms with Crippen molar-refractivity contribution in [2.45, 2.75) is 32.9 Å². The smallest absolute Gasteiger partial charge is 0.407 e. The number of fused-ring (bicyclic) bond motifs is 1. The highest BCUT2D eigenvalue weighted by molar-refractivity contribution is 5.94. The topological polar surface area (TPSA) is 117 Å². The number of amides is 1. The maximum absolute atomic E-state index is 11.8. The van der Waals surface area contributed by atoms with Crippen LogP contribution >= 0.6 is 0 Å². The molecular weight excluding hydrogens is 348 g/mol. The normalized spacial score (nSPS) is 11.4. The van der Waals surface area contributed by atoms with Crippen LogP contribution in [-0.4, -0.2) is 37.7 Å². The number of carboxylic acid groups (broad SMARTS) is 1. The van der Waals surface area contributed by atoms with Gasteiger partial charge in [0.2, 0.25) is 5.82 Å². The molecule has 0 atom stereocenters. The molecule has 0 saturated heterocycles. The molecule has 8 nitrogen and oxygen atoms in total. The van der Waals surface area contributed by atoms with Gasteiger partial charge in [-0.25, -0.2) is 19.6 Å². The van der Waals surface area contributed by atoms with Gasteiger partial charge < -0.3 is 20.1 Å². The summed E-state index contributed by atoms with van der Waals surface area (Å²) in [6, 6.07) is 9.15. The maximum Gasteiger partial charge on any atom is 0.407 e. The molecule has 3 N–H and O–H groups in total. The minimum absolute atomic E-state index is 0.274. The number of nitrogens with one attached hydrogen (secondary N) is 2. The molecular formula is C19H20N4O4. The molecule has 2 aromatic heterocycles. The van der Waals surface area contributed by atoms with Gasteiger partial charge in [-0.3, -0.25) is 0 Å². The fraction of sp³-hybridized carbons (Fsp3) is 0.263. The Bertz CT molecular complexity index is 1000. The molecule has 0 aliphatic carbocycles. The maximum atomic E-state index is 11.8. The van der Waals surface area contributed by atoms with Crippen molar-refractivity contribution in [3.8, 4) is 11.3 Å². The molecule has 0 aliphatic rings. The van der Waals surface area contributed by atoms with Crippen LogP contribution in [0, 0.1) is 0 Å². The molecule has 0 spiro atoms. The van der Waals surface area contributed by atoms with E-state index in [-0.39, 0.29) is 12.4 Å². The fourth-order valence-electron chi connectivity index (χ4n) is 2.57. The van der Waals surface area contributed by atoms with Crippen LogP contribution in [-0.2, 0) is 11.3 Å². The first-order valence-corrected chi connectivity index (χ1v) is 8.37. The lowest BCUT2D eigenvalue weighted by molar-refractivity contribution is 0.0523. The third-order valence-corrected chi connectivity index (χ3v) is 3.64. The molecule has 0 saturated carbocycles. The number of hydrogen-bond donors (Lipinski definition) is 3. The number of benzene rings is 1. The van der Waals surface area contributed by atoms with Crippen LogP contribution < -0.4 is 5.32 Å². The van der Waals surface area contributed by atoms with Crippen molar-refractivity contribution in [2.75, 3.05) is 0 Å². The molecule has 8 heteroatoms. The molecule has 0 radical (unpaired) electrons. The average molecular weight is 368 g/mol. The van der Waals surface area contributed by atoms with Crippen LogP contribution in [0.1, 0.15) is 37.0 Å². The lowest BCUT2D eigenvalue weighted by atomic mass is 10.1. The lowest BCUT2D eigenvalue weighted by Crippen LogP contribution is -2.32. The van der Waals surface area contributed by atoms with E-state index in [9.17, 15) is 14.7 Å². The summed E-state index contributed by atoms with van der Waals surface area (Å²) in [5.74, 6) is -1.48. The number of H-pyrrole nitrogens is 1. The second kappa shape index (κ2) is 7.06. The average Bonchev–Trinajstić information content (AvgIpc) is 3.06. The van der Waals surface area contributed by atoms with Crippen LogP contribution in [0.5, 0.6) is 0 Å². The Labute approximate surface area is 155 Å². The summed E-state index contributed by atoms with van der Waals surface area (Å²) in [7, 11) is 0. The van der Waals surface area contributed by atoms with Crippen molar-refractivity contribution in [2.24, 2.45) is 0 Å². The van der Waals surface area contributed by atoms with Gasteiger partial charge in [-0.15, -0.1) is 0 Å². The highest BCUT2D eigenvalue weighted by atomic mass is 16.6. The number of aromatic nitrogens is 3. The number of carbonyl (C=O) groups excluding carboxylic acids is 1. The van der Waals surface area contributed by atoms with Gasteiger partial charge in [0, 0.05) is 23.7 Å². The van der Waals surface area contributed by atoms with Crippen LogP contribution in [0.15, 0.2) is 36.5 Å². The molecule has 0 aliphatic heterocycles. The van der Waals surface area contributed by atoms with E-state index in [2.05, 4.69) is 20.3 Å². The monoisotopic (exact) mass is 368 g/mol. The van der Waals surface area contributed by atoms with E-state index in [1.807, 2.05) is 24.3 Å². The van der Waals surface area contributed by atoms with Crippen molar-refractivity contribution in [1.29, 1.82) is 0 Å². The highest BCUT2D eigenvalue weighted by Gasteiger charge is 2.17. The van der Waals surface area contributed by atoms with Crippen molar-refractivity contribution < 1.29 is 19.4 Å². The van der Waals surface area contributed by atoms with Crippen LogP contribution in [0.25, 0.3) is 22.3 Å². The number of ether oxygens (including phenoxy) is 1. The van der Waals surface area contributed by atoms with E-state index in [4.69, 9.17) is 4.74 Å².